The number of nitrogens with two attached hydrogens (primary N) is 1. The number of hydrogen-bond acceptors (Lipinski definition) is 6. The van der Waals surface area contributed by atoms with Crippen LogP contribution in [0.5, 0.6) is 0 Å². The van der Waals surface area contributed by atoms with Crippen molar-refractivity contribution in [3.8, 4) is 0 Å². The molecule has 0 rings (SSSR count). The van der Waals surface area contributed by atoms with Crippen molar-refractivity contribution in [3.63, 3.8) is 0 Å². The minimum atomic E-state index is -3.92. The second-order valence-corrected chi connectivity index (χ2v) is 3.67. The van der Waals surface area contributed by atoms with Gasteiger partial charge in [-0.2, -0.15) is 0 Å². The fourth-order valence-electron chi connectivity index (χ4n) is 0.263. The van der Waals surface area contributed by atoms with Gasteiger partial charge in [-0.15, -0.1) is 0 Å². The molecule has 0 fully saturated rings. The summed E-state index contributed by atoms with van der Waals surface area (Å²) in [6.45, 7) is 1.62. The summed E-state index contributed by atoms with van der Waals surface area (Å²) >= 11 is 0. The zero-order valence-corrected chi connectivity index (χ0v) is 7.63. The lowest BCUT2D eigenvalue weighted by Gasteiger charge is -2.02. The molecule has 1 atom stereocenters. The molecule has 0 saturated heterocycles. The van der Waals surface area contributed by atoms with Gasteiger partial charge < -0.3 is 20.2 Å². The zero-order chi connectivity index (χ0) is 10.4. The fraction of sp³-hybridized carbons (Fsp3) is 0.800. The normalized spacial score (nSPS) is 12.7. The number of aliphatic carboxylic acids is 1. The average Bonchev–Trinajstić information content (AvgIpc) is 1.52. The zero-order valence-electron chi connectivity index (χ0n) is 6.81. The van der Waals surface area contributed by atoms with E-state index < -0.39 is 16.1 Å². The molecule has 0 aliphatic heterocycles. The van der Waals surface area contributed by atoms with Gasteiger partial charge in [0.05, 0.1) is 10.1 Å². The van der Waals surface area contributed by atoms with Crippen LogP contribution in [0.1, 0.15) is 13.3 Å². The van der Waals surface area contributed by atoms with Gasteiger partial charge in [-0.3, -0.25) is 0 Å². The molecule has 0 bridgehead atoms. The highest BCUT2D eigenvalue weighted by Gasteiger charge is 1.90. The largest absolute Gasteiger partial charge is 0.748 e. The minimum absolute atomic E-state index is 0.0556. The van der Waals surface area contributed by atoms with Crippen LogP contribution in [0.15, 0.2) is 0 Å². The summed E-state index contributed by atoms with van der Waals surface area (Å²) in [5.74, 6) is -1.09. The Morgan fingerprint density at radius 1 is 1.58 bits per heavy atom. The van der Waals surface area contributed by atoms with Crippen LogP contribution in [0.3, 0.4) is 0 Å². The highest BCUT2D eigenvalue weighted by molar-refractivity contribution is 7.84. The second-order valence-electron chi connectivity index (χ2n) is 2.26. The lowest BCUT2D eigenvalue weighted by atomic mass is 10.3. The van der Waals surface area contributed by atoms with Crippen molar-refractivity contribution < 1.29 is 22.9 Å². The molecule has 0 saturated carbocycles. The topological polar surface area (TPSA) is 123 Å². The maximum absolute atomic E-state index is 9.62. The van der Waals surface area contributed by atoms with Gasteiger partial charge in [0, 0.05) is 24.7 Å². The van der Waals surface area contributed by atoms with E-state index in [9.17, 15) is 9.90 Å². The van der Waals surface area contributed by atoms with Crippen LogP contribution in [0.4, 0.5) is 0 Å². The molecule has 0 radical (unpaired) electrons. The lowest BCUT2D eigenvalue weighted by molar-refractivity contribution is -0.305. The first-order valence-corrected chi connectivity index (χ1v) is 4.81. The van der Waals surface area contributed by atoms with Gasteiger partial charge in [0.25, 0.3) is 0 Å². The highest BCUT2D eigenvalue weighted by atomic mass is 32.2. The molecule has 0 spiro atoms. The van der Waals surface area contributed by atoms with Gasteiger partial charge in [-0.1, -0.05) is 0 Å². The standard InChI is InChI=1S/C4H9NO2.CH4O3S/c1-3(5)2-4(6)7;1-5(2,3)4/h3H,2,5H2,1H3,(H,6,7);1H3,(H,2,3,4)/p-2. The Bertz CT molecular complexity index is 212. The summed E-state index contributed by atoms with van der Waals surface area (Å²) < 4.78 is 27.2. The second kappa shape index (κ2) is 5.92. The Hall–Kier alpha value is -0.660. The molecule has 0 aliphatic rings. The third kappa shape index (κ3) is 58.2. The molecule has 0 aliphatic carbocycles. The van der Waals surface area contributed by atoms with Crippen LogP contribution in [-0.4, -0.2) is 31.2 Å². The molecule has 1 unspecified atom stereocenters. The summed E-state index contributed by atoms with van der Waals surface area (Å²) in [6.07, 6.45) is 0.549. The SMILES string of the molecule is CC(N)CC(=O)[O-].CS(=O)(=O)[O-]. The Morgan fingerprint density at radius 3 is 1.83 bits per heavy atom. The summed E-state index contributed by atoms with van der Waals surface area (Å²) in [5, 5.41) is 9.62. The lowest BCUT2D eigenvalue weighted by Crippen LogP contribution is -2.29. The van der Waals surface area contributed by atoms with E-state index in [4.69, 9.17) is 18.7 Å². The van der Waals surface area contributed by atoms with Crippen molar-refractivity contribution in [1.29, 1.82) is 0 Å². The van der Waals surface area contributed by atoms with Crippen molar-refractivity contribution in [2.75, 3.05) is 6.26 Å². The minimum Gasteiger partial charge on any atom is -0.748 e. The third-order valence-electron chi connectivity index (χ3n) is 0.489. The summed E-state index contributed by atoms with van der Waals surface area (Å²) in [7, 11) is -3.92. The van der Waals surface area contributed by atoms with E-state index in [-0.39, 0.29) is 12.5 Å². The molecule has 6 nitrogen and oxygen atoms in total. The van der Waals surface area contributed by atoms with Gasteiger partial charge in [-0.25, -0.2) is 8.42 Å². The van der Waals surface area contributed by atoms with E-state index in [1.807, 2.05) is 0 Å². The molecule has 2 N–H and O–H groups in total. The molecule has 0 aromatic heterocycles. The Morgan fingerprint density at radius 2 is 1.83 bits per heavy atom. The van der Waals surface area contributed by atoms with Crippen molar-refractivity contribution in [3.05, 3.63) is 0 Å². The Balaban J connectivity index is 0. The number of carbonyl (C=O) groups excluding carboxylic acids is 1. The number of carboxylic acids is 1. The van der Waals surface area contributed by atoms with E-state index in [0.717, 1.165) is 0 Å². The van der Waals surface area contributed by atoms with Crippen LogP contribution >= 0.6 is 0 Å². The maximum Gasteiger partial charge on any atom is 0.0916 e. The molecular formula is C5H11NO5S-2. The fourth-order valence-corrected chi connectivity index (χ4v) is 0.263. The molecule has 12 heavy (non-hydrogen) atoms. The van der Waals surface area contributed by atoms with Crippen molar-refractivity contribution in [2.45, 2.75) is 19.4 Å². The molecule has 7 heteroatoms. The van der Waals surface area contributed by atoms with Crippen molar-refractivity contribution in [2.24, 2.45) is 5.73 Å². The maximum atomic E-state index is 9.62. The molecule has 0 heterocycles. The van der Waals surface area contributed by atoms with E-state index in [1.165, 1.54) is 0 Å². The van der Waals surface area contributed by atoms with E-state index in [1.54, 1.807) is 6.92 Å². The molecular weight excluding hydrogens is 186 g/mol. The van der Waals surface area contributed by atoms with Gasteiger partial charge in [0.15, 0.2) is 0 Å². The predicted octanol–water partition coefficient (Wildman–Crippen LogP) is -2.36. The Labute approximate surface area is 71.1 Å². The monoisotopic (exact) mass is 197 g/mol. The smallest absolute Gasteiger partial charge is 0.0916 e. The van der Waals surface area contributed by atoms with Gasteiger partial charge >= 0.3 is 0 Å². The summed E-state index contributed by atoms with van der Waals surface area (Å²) in [4.78, 5) is 9.62. The van der Waals surface area contributed by atoms with Crippen LogP contribution in [0.25, 0.3) is 0 Å². The Kier molecular flexibility index (Phi) is 6.86. The van der Waals surface area contributed by atoms with Crippen LogP contribution in [0.2, 0.25) is 0 Å². The van der Waals surface area contributed by atoms with Crippen LogP contribution in [-0.2, 0) is 14.9 Å². The quantitative estimate of drug-likeness (QED) is 0.493. The number of carbonyl (C=O) groups is 1. The first-order valence-electron chi connectivity index (χ1n) is 2.99. The first-order chi connectivity index (χ1) is 5.13. The molecule has 74 valence electrons. The van der Waals surface area contributed by atoms with Gasteiger partial charge in [0.1, 0.15) is 0 Å². The van der Waals surface area contributed by atoms with Crippen molar-refractivity contribution >= 4 is 16.1 Å². The summed E-state index contributed by atoms with van der Waals surface area (Å²) in [5.41, 5.74) is 5.07. The van der Waals surface area contributed by atoms with E-state index >= 15 is 0 Å². The molecule has 0 aromatic rings. The van der Waals surface area contributed by atoms with E-state index in [0.29, 0.717) is 6.26 Å². The first kappa shape index (κ1) is 13.9. The molecule has 0 amide bonds. The van der Waals surface area contributed by atoms with Crippen LogP contribution < -0.4 is 10.8 Å². The number of hydrogen-bond donors (Lipinski definition) is 1. The average molecular weight is 197 g/mol. The molecule has 0 aromatic carbocycles. The van der Waals surface area contributed by atoms with E-state index in [2.05, 4.69) is 0 Å². The number of carboxylic acid groups (broad SMARTS) is 1. The van der Waals surface area contributed by atoms with Crippen molar-refractivity contribution in [1.82, 2.24) is 0 Å². The third-order valence-corrected chi connectivity index (χ3v) is 0.489. The van der Waals surface area contributed by atoms with Gasteiger partial charge in [0.2, 0.25) is 0 Å². The summed E-state index contributed by atoms with van der Waals surface area (Å²) in [6, 6.07) is -0.287. The number of rotatable bonds is 2. The van der Waals surface area contributed by atoms with Crippen LogP contribution in [0, 0.1) is 0 Å². The van der Waals surface area contributed by atoms with Gasteiger partial charge in [-0.05, 0) is 6.92 Å². The predicted molar refractivity (Wildman–Crippen MR) is 38.9 cm³/mol. The highest BCUT2D eigenvalue weighted by Crippen LogP contribution is 1.79.